The van der Waals surface area contributed by atoms with E-state index in [1.807, 2.05) is 0 Å². The van der Waals surface area contributed by atoms with Crippen molar-refractivity contribution in [2.75, 3.05) is 0 Å². The molecule has 0 amide bonds. The lowest BCUT2D eigenvalue weighted by atomic mass is 9.87. The van der Waals surface area contributed by atoms with Gasteiger partial charge in [0.2, 0.25) is 5.95 Å². The summed E-state index contributed by atoms with van der Waals surface area (Å²) >= 11 is 0. The molecule has 292 valence electrons. The first-order valence-electron chi connectivity index (χ1n) is 21.8. The van der Waals surface area contributed by atoms with E-state index in [4.69, 9.17) is 19.4 Å². The largest absolute Gasteiger partial charge is 0.455 e. The number of nitrogens with zero attached hydrogens (tertiary/aromatic N) is 4. The fraction of sp³-hybridized carbons (Fsp3) is 0.105. The van der Waals surface area contributed by atoms with Crippen molar-refractivity contribution in [2.45, 2.75) is 18.8 Å². The Morgan fingerprint density at radius 1 is 0.516 bits per heavy atom. The molecule has 3 heterocycles. The summed E-state index contributed by atoms with van der Waals surface area (Å²) < 4.78 is 9.16. The first-order chi connectivity index (χ1) is 30.7. The summed E-state index contributed by atoms with van der Waals surface area (Å²) in [5, 5.41) is 4.59. The number of benzene rings is 7. The van der Waals surface area contributed by atoms with Gasteiger partial charge in [0.1, 0.15) is 11.2 Å². The van der Waals surface area contributed by atoms with Crippen molar-refractivity contribution in [3.8, 4) is 51.0 Å². The van der Waals surface area contributed by atoms with Crippen molar-refractivity contribution in [3.05, 3.63) is 193 Å². The molecule has 3 aromatic heterocycles. The fourth-order valence-corrected chi connectivity index (χ4v) is 10.4. The van der Waals surface area contributed by atoms with Gasteiger partial charge in [-0.05, 0) is 88.1 Å². The monoisotopic (exact) mass is 794 g/mol. The maximum Gasteiger partial charge on any atom is 0.238 e. The smallest absolute Gasteiger partial charge is 0.238 e. The number of hydrogen-bond acceptors (Lipinski definition) is 4. The van der Waals surface area contributed by atoms with Gasteiger partial charge >= 0.3 is 0 Å². The van der Waals surface area contributed by atoms with Crippen molar-refractivity contribution < 1.29 is 4.42 Å². The molecule has 2 saturated carbocycles. The first-order valence-corrected chi connectivity index (χ1v) is 21.8. The highest BCUT2D eigenvalue weighted by Crippen LogP contribution is 2.57. The summed E-state index contributed by atoms with van der Waals surface area (Å²) in [7, 11) is 0. The molecule has 0 N–H and O–H groups in total. The molecule has 62 heavy (non-hydrogen) atoms. The third kappa shape index (κ3) is 5.24. The number of rotatable bonds is 6. The van der Waals surface area contributed by atoms with E-state index in [1.165, 1.54) is 46.1 Å². The molecule has 4 aliphatic carbocycles. The second-order valence-electron chi connectivity index (χ2n) is 17.5. The van der Waals surface area contributed by atoms with Gasteiger partial charge in [0.15, 0.2) is 11.6 Å². The maximum atomic E-state index is 6.89. The zero-order valence-corrected chi connectivity index (χ0v) is 33.7. The van der Waals surface area contributed by atoms with E-state index in [0.717, 1.165) is 72.1 Å². The SMILES string of the molecule is C1=CC2CC2C=C1c1ccc(-c2nc(-c3ccc(-c4ccccc4)cc3)nc(-n3c4ccccc4c4cccc(-c5c6c(cc7c5oc5ccccc57)C5CC5C=C6)c43)n2)cc1. The molecule has 14 rings (SSSR count). The Labute approximate surface area is 358 Å². The average Bonchev–Trinajstić information content (AvgIpc) is 4.25. The zero-order chi connectivity index (χ0) is 40.5. The van der Waals surface area contributed by atoms with Crippen LogP contribution in [0.5, 0.6) is 0 Å². The Morgan fingerprint density at radius 3 is 2.00 bits per heavy atom. The summed E-state index contributed by atoms with van der Waals surface area (Å²) in [6.45, 7) is 0. The number of para-hydroxylation sites is 3. The summed E-state index contributed by atoms with van der Waals surface area (Å²) in [6.07, 6.45) is 14.3. The molecule has 4 aliphatic rings. The van der Waals surface area contributed by atoms with E-state index in [2.05, 4.69) is 187 Å². The van der Waals surface area contributed by atoms with Gasteiger partial charge in [0.25, 0.3) is 0 Å². The molecule has 0 saturated heterocycles. The Hall–Kier alpha value is -7.63. The zero-order valence-electron chi connectivity index (χ0n) is 33.7. The first kappa shape index (κ1) is 34.1. The number of fused-ring (bicyclic) bond motifs is 10. The summed E-state index contributed by atoms with van der Waals surface area (Å²) in [4.78, 5) is 16.0. The van der Waals surface area contributed by atoms with Crippen LogP contribution in [-0.2, 0) is 0 Å². The van der Waals surface area contributed by atoms with Gasteiger partial charge in [0, 0.05) is 43.8 Å². The Balaban J connectivity index is 1.02. The van der Waals surface area contributed by atoms with Crippen molar-refractivity contribution in [3.63, 3.8) is 0 Å². The normalized spacial score (nSPS) is 19.5. The van der Waals surface area contributed by atoms with Crippen LogP contribution in [0, 0.1) is 17.8 Å². The van der Waals surface area contributed by atoms with Crippen LogP contribution in [0.2, 0.25) is 0 Å². The molecule has 4 atom stereocenters. The molecular weight excluding hydrogens is 757 g/mol. The summed E-state index contributed by atoms with van der Waals surface area (Å²) in [6, 6.07) is 54.0. The highest BCUT2D eigenvalue weighted by molar-refractivity contribution is 6.18. The topological polar surface area (TPSA) is 56.7 Å². The minimum Gasteiger partial charge on any atom is -0.455 e. The van der Waals surface area contributed by atoms with Gasteiger partial charge in [-0.15, -0.1) is 0 Å². The van der Waals surface area contributed by atoms with Gasteiger partial charge in [-0.25, -0.2) is 4.98 Å². The minimum atomic E-state index is 0.529. The second-order valence-corrected chi connectivity index (χ2v) is 17.5. The lowest BCUT2D eigenvalue weighted by Gasteiger charge is -2.18. The van der Waals surface area contributed by atoms with Crippen molar-refractivity contribution in [2.24, 2.45) is 17.8 Å². The van der Waals surface area contributed by atoms with Crippen molar-refractivity contribution in [1.29, 1.82) is 0 Å². The predicted molar refractivity (Wildman–Crippen MR) is 252 cm³/mol. The van der Waals surface area contributed by atoms with Gasteiger partial charge < -0.3 is 4.42 Å². The van der Waals surface area contributed by atoms with Crippen LogP contribution in [0.3, 0.4) is 0 Å². The highest BCUT2D eigenvalue weighted by atomic mass is 16.3. The summed E-state index contributed by atoms with van der Waals surface area (Å²) in [5.41, 5.74) is 15.4. The molecule has 0 bridgehead atoms. The minimum absolute atomic E-state index is 0.529. The van der Waals surface area contributed by atoms with E-state index in [1.54, 1.807) is 0 Å². The average molecular weight is 795 g/mol. The predicted octanol–water partition coefficient (Wildman–Crippen LogP) is 14.3. The molecule has 0 spiro atoms. The number of aromatic nitrogens is 4. The molecule has 5 nitrogen and oxygen atoms in total. The van der Waals surface area contributed by atoms with Crippen LogP contribution in [0.1, 0.15) is 35.4 Å². The molecular formula is C57H38N4O. The lowest BCUT2D eigenvalue weighted by Crippen LogP contribution is -2.07. The molecule has 2 fully saturated rings. The third-order valence-corrected chi connectivity index (χ3v) is 13.8. The number of allylic oxidation sites excluding steroid dienone is 5. The van der Waals surface area contributed by atoms with Gasteiger partial charge in [-0.1, -0.05) is 164 Å². The molecule has 10 aromatic rings. The Bertz CT molecular complexity index is 3590. The molecule has 7 aromatic carbocycles. The lowest BCUT2D eigenvalue weighted by molar-refractivity contribution is 0.669. The van der Waals surface area contributed by atoms with E-state index >= 15 is 0 Å². The van der Waals surface area contributed by atoms with Crippen molar-refractivity contribution in [1.82, 2.24) is 19.5 Å². The van der Waals surface area contributed by atoms with Gasteiger partial charge in [-0.3, -0.25) is 4.57 Å². The quantitative estimate of drug-likeness (QED) is 0.168. The van der Waals surface area contributed by atoms with E-state index < -0.39 is 0 Å². The van der Waals surface area contributed by atoms with Gasteiger partial charge in [-0.2, -0.15) is 9.97 Å². The van der Waals surface area contributed by atoms with Crippen LogP contribution in [0.15, 0.2) is 180 Å². The summed E-state index contributed by atoms with van der Waals surface area (Å²) in [5.74, 6) is 4.35. The standard InChI is InChI=1S/C57H38N4O/c1-2-9-33(10-3-1)34-17-21-36(22-18-34)55-58-56(37-23-19-35(20-24-37)38-25-26-39-30-41(39)29-38)60-57(59-55)61-50-15-6-4-11-42(50)45-13-8-14-46(53(45)61)52-44-28-27-40-31-47(40)48(44)32-49-43-12-5-7-16-51(43)62-54(49)52/h1-29,32,39-41,47H,30-31H2. The molecule has 0 radical (unpaired) electrons. The van der Waals surface area contributed by atoms with Crippen molar-refractivity contribution >= 4 is 55.4 Å². The van der Waals surface area contributed by atoms with Crippen LogP contribution >= 0.6 is 0 Å². The fourth-order valence-electron chi connectivity index (χ4n) is 10.4. The van der Waals surface area contributed by atoms with E-state index in [9.17, 15) is 0 Å². The van der Waals surface area contributed by atoms with E-state index in [-0.39, 0.29) is 0 Å². The van der Waals surface area contributed by atoms with Crippen LogP contribution in [0.4, 0.5) is 0 Å². The third-order valence-electron chi connectivity index (χ3n) is 13.8. The molecule has 5 heteroatoms. The highest BCUT2D eigenvalue weighted by Gasteiger charge is 2.41. The Kier molecular flexibility index (Phi) is 7.12. The number of hydrogen-bond donors (Lipinski definition) is 0. The number of furan rings is 1. The van der Waals surface area contributed by atoms with Crippen LogP contribution in [0.25, 0.3) is 106 Å². The molecule has 4 unspecified atom stereocenters. The van der Waals surface area contributed by atoms with Crippen LogP contribution in [-0.4, -0.2) is 19.5 Å². The van der Waals surface area contributed by atoms with E-state index in [0.29, 0.717) is 35.4 Å². The molecule has 0 aliphatic heterocycles. The second kappa shape index (κ2) is 12.9. The van der Waals surface area contributed by atoms with Gasteiger partial charge in [0.05, 0.1) is 11.0 Å². The van der Waals surface area contributed by atoms with Crippen LogP contribution < -0.4 is 0 Å². The Morgan fingerprint density at radius 2 is 1.19 bits per heavy atom. The maximum absolute atomic E-state index is 6.89.